The van der Waals surface area contributed by atoms with Crippen molar-refractivity contribution in [2.24, 2.45) is 0 Å². The molecule has 4 heteroatoms. The SMILES string of the molecule is CCCCCCCNC(=O)COc1cc(C)c(Br)cc1C. The van der Waals surface area contributed by atoms with Crippen LogP contribution in [0.5, 0.6) is 5.75 Å². The van der Waals surface area contributed by atoms with Crippen molar-refractivity contribution in [1.82, 2.24) is 5.32 Å². The van der Waals surface area contributed by atoms with Gasteiger partial charge in [-0.1, -0.05) is 48.5 Å². The summed E-state index contributed by atoms with van der Waals surface area (Å²) in [5.74, 6) is 0.722. The van der Waals surface area contributed by atoms with Gasteiger partial charge in [0.25, 0.3) is 5.91 Å². The van der Waals surface area contributed by atoms with Crippen molar-refractivity contribution in [2.45, 2.75) is 52.9 Å². The van der Waals surface area contributed by atoms with Gasteiger partial charge in [-0.15, -0.1) is 0 Å². The highest BCUT2D eigenvalue weighted by atomic mass is 79.9. The van der Waals surface area contributed by atoms with Crippen molar-refractivity contribution in [3.05, 3.63) is 27.7 Å². The van der Waals surface area contributed by atoms with E-state index in [1.807, 2.05) is 26.0 Å². The molecule has 3 nitrogen and oxygen atoms in total. The summed E-state index contributed by atoms with van der Waals surface area (Å²) < 4.78 is 6.66. The third kappa shape index (κ3) is 6.98. The van der Waals surface area contributed by atoms with Gasteiger partial charge >= 0.3 is 0 Å². The quantitative estimate of drug-likeness (QED) is 0.660. The van der Waals surface area contributed by atoms with Gasteiger partial charge in [0.1, 0.15) is 5.75 Å². The zero-order valence-electron chi connectivity index (χ0n) is 13.3. The monoisotopic (exact) mass is 355 g/mol. The molecule has 0 aliphatic carbocycles. The van der Waals surface area contributed by atoms with Crippen LogP contribution in [0, 0.1) is 13.8 Å². The molecule has 0 heterocycles. The smallest absolute Gasteiger partial charge is 0.257 e. The third-order valence-electron chi connectivity index (χ3n) is 3.42. The molecule has 0 saturated carbocycles. The van der Waals surface area contributed by atoms with Gasteiger partial charge in [0.05, 0.1) is 0 Å². The van der Waals surface area contributed by atoms with Crippen LogP contribution < -0.4 is 10.1 Å². The molecule has 0 aliphatic heterocycles. The Morgan fingerprint density at radius 2 is 1.86 bits per heavy atom. The molecule has 118 valence electrons. The van der Waals surface area contributed by atoms with Crippen molar-refractivity contribution in [3.8, 4) is 5.75 Å². The Hall–Kier alpha value is -1.03. The molecule has 0 unspecified atom stereocenters. The van der Waals surface area contributed by atoms with Crippen LogP contribution >= 0.6 is 15.9 Å². The van der Waals surface area contributed by atoms with Gasteiger partial charge in [-0.3, -0.25) is 4.79 Å². The fourth-order valence-corrected chi connectivity index (χ4v) is 2.52. The van der Waals surface area contributed by atoms with Crippen LogP contribution in [0.15, 0.2) is 16.6 Å². The summed E-state index contributed by atoms with van der Waals surface area (Å²) >= 11 is 3.49. The zero-order valence-corrected chi connectivity index (χ0v) is 14.9. The molecule has 0 aromatic heterocycles. The number of benzene rings is 1. The number of hydrogen-bond acceptors (Lipinski definition) is 2. The van der Waals surface area contributed by atoms with Gasteiger partial charge in [0.2, 0.25) is 0 Å². The molecule has 0 spiro atoms. The van der Waals surface area contributed by atoms with E-state index in [-0.39, 0.29) is 12.5 Å². The van der Waals surface area contributed by atoms with E-state index in [0.29, 0.717) is 0 Å². The van der Waals surface area contributed by atoms with Crippen LogP contribution in [0.3, 0.4) is 0 Å². The largest absolute Gasteiger partial charge is 0.483 e. The van der Waals surface area contributed by atoms with Crippen LogP contribution in [-0.2, 0) is 4.79 Å². The second kappa shape index (κ2) is 9.82. The molecule has 0 fully saturated rings. The minimum atomic E-state index is -0.0505. The molecule has 0 saturated heterocycles. The van der Waals surface area contributed by atoms with E-state index in [2.05, 4.69) is 28.2 Å². The highest BCUT2D eigenvalue weighted by Crippen LogP contribution is 2.26. The molecule has 1 N–H and O–H groups in total. The number of rotatable bonds is 9. The molecule has 1 aromatic carbocycles. The number of nitrogens with one attached hydrogen (secondary N) is 1. The zero-order chi connectivity index (χ0) is 15.7. The third-order valence-corrected chi connectivity index (χ3v) is 4.27. The maximum Gasteiger partial charge on any atom is 0.257 e. The standard InChI is InChI=1S/C17H26BrNO2/c1-4-5-6-7-8-9-19-17(20)12-21-16-11-13(2)15(18)10-14(16)3/h10-11H,4-9,12H2,1-3H3,(H,19,20). The Kier molecular flexibility index (Phi) is 8.43. The van der Waals surface area contributed by atoms with Crippen molar-refractivity contribution in [2.75, 3.05) is 13.2 Å². The van der Waals surface area contributed by atoms with Crippen LogP contribution in [0.2, 0.25) is 0 Å². The van der Waals surface area contributed by atoms with Crippen LogP contribution in [0.4, 0.5) is 0 Å². The van der Waals surface area contributed by atoms with Crippen molar-refractivity contribution in [1.29, 1.82) is 0 Å². The number of aryl methyl sites for hydroxylation is 2. The van der Waals surface area contributed by atoms with Gasteiger partial charge in [0, 0.05) is 11.0 Å². The van der Waals surface area contributed by atoms with Crippen LogP contribution in [0.25, 0.3) is 0 Å². The fourth-order valence-electron chi connectivity index (χ4n) is 2.06. The van der Waals surface area contributed by atoms with Crippen LogP contribution in [0.1, 0.15) is 50.2 Å². The summed E-state index contributed by atoms with van der Waals surface area (Å²) in [5.41, 5.74) is 2.13. The summed E-state index contributed by atoms with van der Waals surface area (Å²) in [6, 6.07) is 3.97. The van der Waals surface area contributed by atoms with Crippen molar-refractivity contribution < 1.29 is 9.53 Å². The van der Waals surface area contributed by atoms with Gasteiger partial charge < -0.3 is 10.1 Å². The summed E-state index contributed by atoms with van der Waals surface area (Å²) in [6.07, 6.45) is 5.99. The first-order chi connectivity index (χ1) is 10.0. The van der Waals surface area contributed by atoms with Gasteiger partial charge in [-0.2, -0.15) is 0 Å². The molecule has 0 radical (unpaired) electrons. The van der Waals surface area contributed by atoms with E-state index < -0.39 is 0 Å². The van der Waals surface area contributed by atoms with E-state index in [0.717, 1.165) is 34.3 Å². The second-order valence-electron chi connectivity index (χ2n) is 5.42. The Bertz CT molecular complexity index is 460. The summed E-state index contributed by atoms with van der Waals surface area (Å²) in [5, 5.41) is 2.90. The van der Waals surface area contributed by atoms with E-state index in [4.69, 9.17) is 4.74 Å². The molecule has 1 amide bonds. The lowest BCUT2D eigenvalue weighted by molar-refractivity contribution is -0.123. The lowest BCUT2D eigenvalue weighted by Crippen LogP contribution is -2.29. The fraction of sp³-hybridized carbons (Fsp3) is 0.588. The second-order valence-corrected chi connectivity index (χ2v) is 6.27. The van der Waals surface area contributed by atoms with Gasteiger partial charge in [0.15, 0.2) is 6.61 Å². The highest BCUT2D eigenvalue weighted by Gasteiger charge is 2.06. The first-order valence-corrected chi connectivity index (χ1v) is 8.50. The molecular formula is C17H26BrNO2. The first-order valence-electron chi connectivity index (χ1n) is 7.70. The number of amides is 1. The van der Waals surface area contributed by atoms with E-state index in [1.54, 1.807) is 0 Å². The van der Waals surface area contributed by atoms with Crippen molar-refractivity contribution in [3.63, 3.8) is 0 Å². The summed E-state index contributed by atoms with van der Waals surface area (Å²) in [6.45, 7) is 7.00. The van der Waals surface area contributed by atoms with E-state index >= 15 is 0 Å². The Labute approximate surface area is 136 Å². The molecule has 1 rings (SSSR count). The van der Waals surface area contributed by atoms with Crippen LogP contribution in [-0.4, -0.2) is 19.1 Å². The number of carbonyl (C=O) groups is 1. The lowest BCUT2D eigenvalue weighted by Gasteiger charge is -2.11. The first kappa shape index (κ1) is 18.0. The number of halogens is 1. The number of carbonyl (C=O) groups excluding carboxylic acids is 1. The average Bonchev–Trinajstić information content (AvgIpc) is 2.45. The summed E-state index contributed by atoms with van der Waals surface area (Å²) in [7, 11) is 0. The Morgan fingerprint density at radius 3 is 2.57 bits per heavy atom. The van der Waals surface area contributed by atoms with Gasteiger partial charge in [-0.05, 0) is 43.5 Å². The molecular weight excluding hydrogens is 330 g/mol. The number of unbranched alkanes of at least 4 members (excludes halogenated alkanes) is 4. The Balaban J connectivity index is 2.25. The summed E-state index contributed by atoms with van der Waals surface area (Å²) in [4.78, 5) is 11.7. The molecule has 0 aliphatic rings. The predicted octanol–water partition coefficient (Wildman–Crippen LogP) is 4.53. The molecule has 21 heavy (non-hydrogen) atoms. The normalized spacial score (nSPS) is 10.5. The maximum absolute atomic E-state index is 11.7. The van der Waals surface area contributed by atoms with E-state index in [9.17, 15) is 4.79 Å². The van der Waals surface area contributed by atoms with Crippen molar-refractivity contribution >= 4 is 21.8 Å². The lowest BCUT2D eigenvalue weighted by atomic mass is 10.1. The molecule has 1 aromatic rings. The topological polar surface area (TPSA) is 38.3 Å². The molecule has 0 bridgehead atoms. The van der Waals surface area contributed by atoms with E-state index in [1.165, 1.54) is 25.7 Å². The average molecular weight is 356 g/mol. The predicted molar refractivity (Wildman–Crippen MR) is 90.9 cm³/mol. The maximum atomic E-state index is 11.7. The van der Waals surface area contributed by atoms with Gasteiger partial charge in [-0.25, -0.2) is 0 Å². The number of ether oxygens (including phenoxy) is 1. The Morgan fingerprint density at radius 1 is 1.14 bits per heavy atom. The highest BCUT2D eigenvalue weighted by molar-refractivity contribution is 9.10. The minimum Gasteiger partial charge on any atom is -0.483 e. The minimum absolute atomic E-state index is 0.0505. The molecule has 0 atom stereocenters. The number of hydrogen-bond donors (Lipinski definition) is 1.